The van der Waals surface area contributed by atoms with E-state index in [1.54, 1.807) is 19.9 Å². The maximum atomic E-state index is 12.3. The topological polar surface area (TPSA) is 81.7 Å². The summed E-state index contributed by atoms with van der Waals surface area (Å²) in [6.07, 6.45) is 2.73. The Balaban J connectivity index is 3.32. The van der Waals surface area contributed by atoms with E-state index in [1.807, 2.05) is 30.3 Å². The Morgan fingerprint density at radius 1 is 1.08 bits per heavy atom. The van der Waals surface area contributed by atoms with Gasteiger partial charge in [0.2, 0.25) is 5.91 Å². The van der Waals surface area contributed by atoms with Gasteiger partial charge in [0.25, 0.3) is 5.54 Å². The molecule has 0 saturated carbocycles. The molecular weight excluding hydrogens is 310 g/mol. The highest BCUT2D eigenvalue weighted by atomic mass is 16.6. The highest BCUT2D eigenvalue weighted by molar-refractivity contribution is 6.10. The van der Waals surface area contributed by atoms with E-state index < -0.39 is 23.4 Å². The first-order valence-electron chi connectivity index (χ1n) is 7.58. The van der Waals surface area contributed by atoms with Gasteiger partial charge in [-0.15, -0.1) is 5.73 Å². The molecule has 0 bridgehead atoms. The van der Waals surface area contributed by atoms with Crippen LogP contribution in [0.2, 0.25) is 0 Å². The minimum Gasteiger partial charge on any atom is -0.464 e. The zero-order valence-corrected chi connectivity index (χ0v) is 14.0. The molecule has 1 N–H and O–H groups in total. The molecule has 24 heavy (non-hydrogen) atoms. The Hall–Kier alpha value is -2.85. The van der Waals surface area contributed by atoms with Gasteiger partial charge in [-0.25, -0.2) is 9.59 Å². The van der Waals surface area contributed by atoms with Crippen molar-refractivity contribution in [1.29, 1.82) is 0 Å². The van der Waals surface area contributed by atoms with Gasteiger partial charge in [-0.05, 0) is 25.5 Å². The maximum absolute atomic E-state index is 12.3. The normalized spacial score (nSPS) is 10.1. The van der Waals surface area contributed by atoms with Crippen molar-refractivity contribution in [1.82, 2.24) is 5.32 Å². The molecule has 1 aromatic carbocycles. The molecule has 0 atom stereocenters. The predicted octanol–water partition coefficient (Wildman–Crippen LogP) is 1.86. The van der Waals surface area contributed by atoms with E-state index >= 15 is 0 Å². The lowest BCUT2D eigenvalue weighted by atomic mass is 9.99. The zero-order chi connectivity index (χ0) is 18.0. The molecule has 1 aromatic rings. The second kappa shape index (κ2) is 9.33. The molecule has 0 aliphatic heterocycles. The van der Waals surface area contributed by atoms with Crippen molar-refractivity contribution < 1.29 is 23.9 Å². The second-order valence-electron chi connectivity index (χ2n) is 4.80. The second-order valence-corrected chi connectivity index (χ2v) is 4.80. The first kappa shape index (κ1) is 19.2. The molecule has 0 aromatic heterocycles. The van der Waals surface area contributed by atoms with Crippen molar-refractivity contribution in [2.24, 2.45) is 0 Å². The molecule has 6 nitrogen and oxygen atoms in total. The number of carbonyl (C=O) groups excluding carboxylic acids is 3. The molecule has 0 heterocycles. The third-order valence-electron chi connectivity index (χ3n) is 2.92. The average Bonchev–Trinajstić information content (AvgIpc) is 2.54. The molecule has 0 unspecified atom stereocenters. The Morgan fingerprint density at radius 3 is 2.08 bits per heavy atom. The Morgan fingerprint density at radius 2 is 1.62 bits per heavy atom. The summed E-state index contributed by atoms with van der Waals surface area (Å²) in [5, 5.41) is 2.32. The van der Waals surface area contributed by atoms with E-state index in [-0.39, 0.29) is 13.2 Å². The molecule has 0 fully saturated rings. The molecule has 6 heteroatoms. The summed E-state index contributed by atoms with van der Waals surface area (Å²) in [4.78, 5) is 36.2. The molecule has 1 amide bonds. The van der Waals surface area contributed by atoms with E-state index in [4.69, 9.17) is 9.47 Å². The fourth-order valence-electron chi connectivity index (χ4n) is 1.92. The molecule has 128 valence electrons. The smallest absolute Gasteiger partial charge is 0.348 e. The van der Waals surface area contributed by atoms with Gasteiger partial charge in [0.05, 0.1) is 13.2 Å². The maximum Gasteiger partial charge on any atom is 0.348 e. The van der Waals surface area contributed by atoms with Crippen LogP contribution in [0.3, 0.4) is 0 Å². The van der Waals surface area contributed by atoms with Crippen LogP contribution in [0.4, 0.5) is 0 Å². The number of rotatable bonds is 7. The third kappa shape index (κ3) is 5.11. The monoisotopic (exact) mass is 331 g/mol. The molecule has 0 radical (unpaired) electrons. The van der Waals surface area contributed by atoms with Crippen LogP contribution >= 0.6 is 0 Å². The van der Waals surface area contributed by atoms with Gasteiger partial charge in [0.15, 0.2) is 0 Å². The van der Waals surface area contributed by atoms with Crippen LogP contribution in [0.15, 0.2) is 42.1 Å². The van der Waals surface area contributed by atoms with Crippen LogP contribution in [-0.4, -0.2) is 36.6 Å². The van der Waals surface area contributed by atoms with Gasteiger partial charge in [-0.3, -0.25) is 4.79 Å². The zero-order valence-electron chi connectivity index (χ0n) is 14.0. The Kier molecular flexibility index (Phi) is 7.46. The summed E-state index contributed by atoms with van der Waals surface area (Å²) in [5.74, 6) is -2.42. The van der Waals surface area contributed by atoms with Crippen LogP contribution in [0.5, 0.6) is 0 Å². The quantitative estimate of drug-likeness (QED) is 0.468. The molecule has 0 aliphatic carbocycles. The van der Waals surface area contributed by atoms with Gasteiger partial charge < -0.3 is 14.8 Å². The van der Waals surface area contributed by atoms with Crippen LogP contribution < -0.4 is 5.32 Å². The summed E-state index contributed by atoms with van der Waals surface area (Å²) in [6.45, 7) is 4.50. The van der Waals surface area contributed by atoms with Crippen LogP contribution in [-0.2, 0) is 23.9 Å². The van der Waals surface area contributed by atoms with E-state index in [0.29, 0.717) is 0 Å². The summed E-state index contributed by atoms with van der Waals surface area (Å²) < 4.78 is 9.88. The third-order valence-corrected chi connectivity index (χ3v) is 2.92. The van der Waals surface area contributed by atoms with Gasteiger partial charge in [-0.1, -0.05) is 30.3 Å². The number of hydrogen-bond acceptors (Lipinski definition) is 5. The molecule has 1 rings (SSSR count). The number of carbonyl (C=O) groups is 3. The number of amides is 1. The largest absolute Gasteiger partial charge is 0.464 e. The lowest BCUT2D eigenvalue weighted by molar-refractivity contribution is -0.164. The van der Waals surface area contributed by atoms with Crippen molar-refractivity contribution in [3.8, 4) is 0 Å². The predicted molar refractivity (Wildman–Crippen MR) is 88.8 cm³/mol. The van der Waals surface area contributed by atoms with E-state index in [2.05, 4.69) is 11.0 Å². The van der Waals surface area contributed by atoms with Crippen molar-refractivity contribution in [2.75, 3.05) is 13.2 Å². The molecular formula is C18H21NO5. The van der Waals surface area contributed by atoms with Gasteiger partial charge in [-0.2, -0.15) is 0 Å². The van der Waals surface area contributed by atoms with Gasteiger partial charge in [0, 0.05) is 13.0 Å². The van der Waals surface area contributed by atoms with Gasteiger partial charge in [0.1, 0.15) is 0 Å². The molecule has 0 aliphatic rings. The van der Waals surface area contributed by atoms with E-state index in [9.17, 15) is 14.4 Å². The first-order valence-corrected chi connectivity index (χ1v) is 7.58. The fraction of sp³-hybridized carbons (Fsp3) is 0.333. The highest BCUT2D eigenvalue weighted by Gasteiger charge is 2.48. The Labute approximate surface area is 141 Å². The standard InChI is InChI=1S/C18H21NO5/c1-4-23-16(21)18(19-14(3)20,17(22)24-5-2)13-9-12-15-10-7-6-8-11-15/h6-8,10-13H,4-5H2,1-3H3,(H,19,20). The van der Waals surface area contributed by atoms with Crippen LogP contribution in [0.25, 0.3) is 6.08 Å². The number of benzene rings is 1. The number of esters is 2. The van der Waals surface area contributed by atoms with Gasteiger partial charge >= 0.3 is 11.9 Å². The van der Waals surface area contributed by atoms with E-state index in [0.717, 1.165) is 11.6 Å². The lowest BCUT2D eigenvalue weighted by Gasteiger charge is -2.25. The number of ether oxygens (including phenoxy) is 2. The highest BCUT2D eigenvalue weighted by Crippen LogP contribution is 2.14. The summed E-state index contributed by atoms with van der Waals surface area (Å²) >= 11 is 0. The molecule has 0 spiro atoms. The first-order chi connectivity index (χ1) is 11.5. The lowest BCUT2D eigenvalue weighted by Crippen LogP contribution is -2.59. The van der Waals surface area contributed by atoms with Crippen molar-refractivity contribution in [3.63, 3.8) is 0 Å². The summed E-state index contributed by atoms with van der Waals surface area (Å²) in [6, 6.07) is 9.20. The minimum absolute atomic E-state index is 0.0514. The van der Waals surface area contributed by atoms with Crippen LogP contribution in [0.1, 0.15) is 26.3 Å². The number of nitrogens with one attached hydrogen (secondary N) is 1. The number of hydrogen-bond donors (Lipinski definition) is 1. The van der Waals surface area contributed by atoms with Crippen molar-refractivity contribution >= 4 is 23.9 Å². The van der Waals surface area contributed by atoms with E-state index in [1.165, 1.54) is 6.92 Å². The van der Waals surface area contributed by atoms with Crippen molar-refractivity contribution in [2.45, 2.75) is 26.3 Å². The fourth-order valence-corrected chi connectivity index (χ4v) is 1.92. The average molecular weight is 331 g/mol. The summed E-state index contributed by atoms with van der Waals surface area (Å²) in [7, 11) is 0. The van der Waals surface area contributed by atoms with Crippen molar-refractivity contribution in [3.05, 3.63) is 47.7 Å². The SMILES string of the molecule is CCOC(=O)C(C=C=Cc1ccccc1)(NC(C)=O)C(=O)OCC. The minimum atomic E-state index is -2.07. The molecule has 0 saturated heterocycles. The summed E-state index contributed by atoms with van der Waals surface area (Å²) in [5.41, 5.74) is 1.51. The Bertz CT molecular complexity index is 627. The van der Waals surface area contributed by atoms with Crippen LogP contribution in [0, 0.1) is 0 Å².